The average molecular weight is 427 g/mol. The Kier molecular flexibility index (Phi) is 10.1. The van der Waals surface area contributed by atoms with Crippen LogP contribution in [0.25, 0.3) is 0 Å². The number of carbonyl (C=O) groups excluding carboxylic acids is 2. The number of benzene rings is 2. The van der Waals surface area contributed by atoms with E-state index in [9.17, 15) is 19.5 Å². The highest BCUT2D eigenvalue weighted by atomic mass is 16.5. The van der Waals surface area contributed by atoms with Crippen molar-refractivity contribution in [3.8, 4) is 0 Å². The number of aliphatic carboxylic acids is 1. The Morgan fingerprint density at radius 1 is 0.968 bits per heavy atom. The molecule has 0 fully saturated rings. The fourth-order valence-electron chi connectivity index (χ4n) is 3.08. The smallest absolute Gasteiger partial charge is 0.407 e. The quantitative estimate of drug-likeness (QED) is 0.450. The van der Waals surface area contributed by atoms with Gasteiger partial charge in [0.25, 0.3) is 0 Å². The van der Waals surface area contributed by atoms with E-state index in [4.69, 9.17) is 4.74 Å². The van der Waals surface area contributed by atoms with Gasteiger partial charge in [0.05, 0.1) is 0 Å². The van der Waals surface area contributed by atoms with Crippen LogP contribution in [0, 0.1) is 6.92 Å². The summed E-state index contributed by atoms with van der Waals surface area (Å²) in [6.45, 7) is 2.60. The molecule has 0 saturated heterocycles. The van der Waals surface area contributed by atoms with Crippen LogP contribution in [0.5, 0.6) is 0 Å². The molecule has 2 amide bonds. The number of amides is 2. The van der Waals surface area contributed by atoms with Gasteiger partial charge in [-0.1, -0.05) is 61.0 Å². The molecule has 0 saturated carbocycles. The van der Waals surface area contributed by atoms with E-state index in [1.165, 1.54) is 0 Å². The Hall–Kier alpha value is -3.35. The van der Waals surface area contributed by atoms with Gasteiger partial charge in [-0.2, -0.15) is 0 Å². The number of hydrogen-bond donors (Lipinski definition) is 3. The molecule has 0 radical (unpaired) electrons. The summed E-state index contributed by atoms with van der Waals surface area (Å²) in [5.74, 6) is -1.33. The summed E-state index contributed by atoms with van der Waals surface area (Å²) in [6.07, 6.45) is 2.09. The van der Waals surface area contributed by atoms with Crippen LogP contribution in [-0.4, -0.2) is 35.7 Å². The number of ether oxygens (including phenoxy) is 1. The van der Waals surface area contributed by atoms with Crippen LogP contribution in [0.1, 0.15) is 42.4 Å². The zero-order valence-electron chi connectivity index (χ0n) is 17.8. The Morgan fingerprint density at radius 2 is 1.68 bits per heavy atom. The monoisotopic (exact) mass is 426 g/mol. The summed E-state index contributed by atoms with van der Waals surface area (Å²) in [5, 5.41) is 14.7. The van der Waals surface area contributed by atoms with Gasteiger partial charge in [-0.3, -0.25) is 4.79 Å². The molecule has 3 N–H and O–H groups in total. The molecular weight excluding hydrogens is 396 g/mol. The molecule has 0 aromatic heterocycles. The SMILES string of the molecule is Cc1ccccc1C[C@H](NC(=O)CCCCCNC(=O)OCc1ccccc1)C(=O)O. The molecule has 0 heterocycles. The summed E-state index contributed by atoms with van der Waals surface area (Å²) >= 11 is 0. The topological polar surface area (TPSA) is 105 Å². The molecule has 31 heavy (non-hydrogen) atoms. The van der Waals surface area contributed by atoms with E-state index < -0.39 is 18.1 Å². The van der Waals surface area contributed by atoms with Gasteiger partial charge in [0.2, 0.25) is 5.91 Å². The Labute approximate surface area is 182 Å². The number of aryl methyl sites for hydroxylation is 1. The zero-order chi connectivity index (χ0) is 22.5. The third kappa shape index (κ3) is 9.33. The van der Waals surface area contributed by atoms with E-state index in [2.05, 4.69) is 10.6 Å². The maximum Gasteiger partial charge on any atom is 0.407 e. The molecule has 0 aliphatic carbocycles. The molecule has 7 heteroatoms. The van der Waals surface area contributed by atoms with Crippen molar-refractivity contribution in [2.45, 2.75) is 51.7 Å². The van der Waals surface area contributed by atoms with Gasteiger partial charge in [-0.05, 0) is 36.5 Å². The van der Waals surface area contributed by atoms with Crippen LogP contribution in [0.3, 0.4) is 0 Å². The summed E-state index contributed by atoms with van der Waals surface area (Å²) in [6, 6.07) is 16.0. The molecule has 166 valence electrons. The highest BCUT2D eigenvalue weighted by molar-refractivity contribution is 5.83. The minimum atomic E-state index is -1.05. The second-order valence-electron chi connectivity index (χ2n) is 7.39. The minimum absolute atomic E-state index is 0.222. The van der Waals surface area contributed by atoms with Gasteiger partial charge in [0, 0.05) is 19.4 Å². The largest absolute Gasteiger partial charge is 0.480 e. The van der Waals surface area contributed by atoms with Crippen LogP contribution in [0.15, 0.2) is 54.6 Å². The first kappa shape index (κ1) is 23.9. The van der Waals surface area contributed by atoms with E-state index >= 15 is 0 Å². The molecule has 2 rings (SSSR count). The molecule has 0 aliphatic rings. The lowest BCUT2D eigenvalue weighted by molar-refractivity contribution is -0.141. The second-order valence-corrected chi connectivity index (χ2v) is 7.39. The van der Waals surface area contributed by atoms with Gasteiger partial charge in [-0.25, -0.2) is 9.59 Å². The Morgan fingerprint density at radius 3 is 2.39 bits per heavy atom. The van der Waals surface area contributed by atoms with Gasteiger partial charge < -0.3 is 20.5 Å². The first-order chi connectivity index (χ1) is 15.0. The number of carboxylic acid groups (broad SMARTS) is 1. The number of rotatable bonds is 12. The van der Waals surface area contributed by atoms with Crippen LogP contribution in [0.2, 0.25) is 0 Å². The van der Waals surface area contributed by atoms with Crippen molar-refractivity contribution < 1.29 is 24.2 Å². The molecule has 2 aromatic rings. The lowest BCUT2D eigenvalue weighted by atomic mass is 10.0. The third-order valence-electron chi connectivity index (χ3n) is 4.88. The van der Waals surface area contributed by atoms with Crippen LogP contribution < -0.4 is 10.6 Å². The van der Waals surface area contributed by atoms with Crippen molar-refractivity contribution in [3.05, 3.63) is 71.3 Å². The fourth-order valence-corrected chi connectivity index (χ4v) is 3.08. The molecular formula is C24H30N2O5. The molecule has 0 bridgehead atoms. The van der Waals surface area contributed by atoms with Gasteiger partial charge in [0.15, 0.2) is 0 Å². The van der Waals surface area contributed by atoms with Crippen LogP contribution in [0.4, 0.5) is 4.79 Å². The standard InChI is InChI=1S/C24H30N2O5/c1-18-10-7-8-13-20(18)16-21(23(28)29)26-22(27)14-6-3-9-15-25-24(30)31-17-19-11-4-2-5-12-19/h2,4-5,7-8,10-13,21H,3,6,9,14-17H2,1H3,(H,25,30)(H,26,27)(H,28,29)/t21-/m0/s1. The first-order valence-corrected chi connectivity index (χ1v) is 10.5. The van der Waals surface area contributed by atoms with Crippen molar-refractivity contribution in [3.63, 3.8) is 0 Å². The van der Waals surface area contributed by atoms with E-state index in [1.807, 2.05) is 61.5 Å². The molecule has 7 nitrogen and oxygen atoms in total. The van der Waals surface area contributed by atoms with Crippen molar-refractivity contribution in [2.24, 2.45) is 0 Å². The fraction of sp³-hybridized carbons (Fsp3) is 0.375. The van der Waals surface area contributed by atoms with E-state index in [0.29, 0.717) is 19.4 Å². The van der Waals surface area contributed by atoms with Gasteiger partial charge >= 0.3 is 12.1 Å². The molecule has 1 atom stereocenters. The van der Waals surface area contributed by atoms with Crippen molar-refractivity contribution >= 4 is 18.0 Å². The van der Waals surface area contributed by atoms with Gasteiger partial charge in [0.1, 0.15) is 12.6 Å². The normalized spacial score (nSPS) is 11.4. The van der Waals surface area contributed by atoms with E-state index in [-0.39, 0.29) is 25.4 Å². The summed E-state index contributed by atoms with van der Waals surface area (Å²) in [7, 11) is 0. The minimum Gasteiger partial charge on any atom is -0.480 e. The highest BCUT2D eigenvalue weighted by Crippen LogP contribution is 2.10. The first-order valence-electron chi connectivity index (χ1n) is 10.5. The van der Waals surface area contributed by atoms with Gasteiger partial charge in [-0.15, -0.1) is 0 Å². The van der Waals surface area contributed by atoms with Crippen LogP contribution >= 0.6 is 0 Å². The number of alkyl carbamates (subject to hydrolysis) is 1. The molecule has 0 spiro atoms. The predicted octanol–water partition coefficient (Wildman–Crippen LogP) is 3.59. The lowest BCUT2D eigenvalue weighted by Crippen LogP contribution is -2.42. The highest BCUT2D eigenvalue weighted by Gasteiger charge is 2.20. The molecule has 2 aromatic carbocycles. The van der Waals surface area contributed by atoms with Crippen molar-refractivity contribution in [1.82, 2.24) is 10.6 Å². The number of carbonyl (C=O) groups is 3. The number of hydrogen-bond acceptors (Lipinski definition) is 4. The second kappa shape index (κ2) is 13.1. The summed E-state index contributed by atoms with van der Waals surface area (Å²) < 4.78 is 5.13. The van der Waals surface area contributed by atoms with Crippen molar-refractivity contribution in [1.29, 1.82) is 0 Å². The van der Waals surface area contributed by atoms with E-state index in [0.717, 1.165) is 23.1 Å². The maximum atomic E-state index is 12.1. The molecule has 0 unspecified atom stereocenters. The lowest BCUT2D eigenvalue weighted by Gasteiger charge is -2.16. The maximum absolute atomic E-state index is 12.1. The average Bonchev–Trinajstić information content (AvgIpc) is 2.76. The number of unbranched alkanes of at least 4 members (excludes halogenated alkanes) is 2. The van der Waals surface area contributed by atoms with Crippen molar-refractivity contribution in [2.75, 3.05) is 6.54 Å². The van der Waals surface area contributed by atoms with E-state index in [1.54, 1.807) is 0 Å². The number of carboxylic acids is 1. The molecule has 0 aliphatic heterocycles. The Bertz CT molecular complexity index is 854. The summed E-state index contributed by atoms with van der Waals surface area (Å²) in [5.41, 5.74) is 2.82. The summed E-state index contributed by atoms with van der Waals surface area (Å²) in [4.78, 5) is 35.3. The zero-order valence-corrected chi connectivity index (χ0v) is 17.8. The Balaban J connectivity index is 1.58. The predicted molar refractivity (Wildman–Crippen MR) is 118 cm³/mol. The van der Waals surface area contributed by atoms with Crippen LogP contribution in [-0.2, 0) is 27.4 Å². The third-order valence-corrected chi connectivity index (χ3v) is 4.88. The number of nitrogens with one attached hydrogen (secondary N) is 2.